The zero-order valence-electron chi connectivity index (χ0n) is 14.7. The van der Waals surface area contributed by atoms with E-state index in [0.29, 0.717) is 12.0 Å². The molecule has 0 spiro atoms. The van der Waals surface area contributed by atoms with Crippen molar-refractivity contribution in [3.63, 3.8) is 0 Å². The first-order valence-electron chi connectivity index (χ1n) is 8.55. The molecule has 0 fully saturated rings. The fourth-order valence-electron chi connectivity index (χ4n) is 2.85. The largest absolute Gasteiger partial charge is 0.511 e. The summed E-state index contributed by atoms with van der Waals surface area (Å²) in [5.74, 6) is -0.486. The molecular formula is C22H20N2O3. The lowest BCUT2D eigenvalue weighted by molar-refractivity contribution is 0.102. The molecule has 0 bridgehead atoms. The lowest BCUT2D eigenvalue weighted by Gasteiger charge is -2.20. The molecule has 136 valence electrons. The topological polar surface area (TPSA) is 71.3 Å². The number of benzene rings is 2. The molecular weight excluding hydrogens is 340 g/mol. The molecule has 3 aromatic rings. The number of aromatic nitrogens is 1. The first kappa shape index (κ1) is 18.2. The van der Waals surface area contributed by atoms with E-state index < -0.39 is 11.6 Å². The molecule has 0 aliphatic heterocycles. The summed E-state index contributed by atoms with van der Waals surface area (Å²) < 4.78 is 1.38. The summed E-state index contributed by atoms with van der Waals surface area (Å²) in [7, 11) is 0. The number of carbonyl (C=O) groups excluding carboxylic acids is 1. The maximum atomic E-state index is 12.9. The van der Waals surface area contributed by atoms with E-state index in [-0.39, 0.29) is 17.4 Å². The van der Waals surface area contributed by atoms with Crippen molar-refractivity contribution in [2.45, 2.75) is 12.5 Å². The van der Waals surface area contributed by atoms with Gasteiger partial charge in [-0.25, -0.2) is 0 Å². The smallest absolute Gasteiger partial charge is 0.275 e. The number of allylic oxidation sites excluding steroid dienone is 1. The molecule has 5 nitrogen and oxygen atoms in total. The Morgan fingerprint density at radius 3 is 2.26 bits per heavy atom. The van der Waals surface area contributed by atoms with Crippen LogP contribution in [0.5, 0.6) is 0 Å². The van der Waals surface area contributed by atoms with Gasteiger partial charge in [0, 0.05) is 18.2 Å². The quantitative estimate of drug-likeness (QED) is 0.654. The van der Waals surface area contributed by atoms with Crippen LogP contribution in [-0.4, -0.2) is 15.6 Å². The highest BCUT2D eigenvalue weighted by Gasteiger charge is 2.18. The van der Waals surface area contributed by atoms with E-state index in [1.54, 1.807) is 42.6 Å². The van der Waals surface area contributed by atoms with Gasteiger partial charge in [-0.1, -0.05) is 55.1 Å². The number of pyridine rings is 1. The van der Waals surface area contributed by atoms with Crippen LogP contribution in [-0.2, 0) is 6.42 Å². The summed E-state index contributed by atoms with van der Waals surface area (Å²) in [6.07, 6.45) is 1.99. The molecule has 0 unspecified atom stereocenters. The summed E-state index contributed by atoms with van der Waals surface area (Å²) >= 11 is 0. The van der Waals surface area contributed by atoms with Gasteiger partial charge in [-0.3, -0.25) is 9.59 Å². The Morgan fingerprint density at radius 1 is 1.00 bits per heavy atom. The zero-order chi connectivity index (χ0) is 19.2. The molecule has 5 heteroatoms. The van der Waals surface area contributed by atoms with E-state index in [2.05, 4.69) is 11.9 Å². The molecule has 2 N–H and O–H groups in total. The first-order chi connectivity index (χ1) is 13.1. The normalized spacial score (nSPS) is 11.6. The molecule has 27 heavy (non-hydrogen) atoms. The van der Waals surface area contributed by atoms with Crippen LogP contribution in [0.3, 0.4) is 0 Å². The van der Waals surface area contributed by atoms with Crippen LogP contribution in [0.25, 0.3) is 0 Å². The number of hydrogen-bond acceptors (Lipinski definition) is 3. The van der Waals surface area contributed by atoms with Gasteiger partial charge >= 0.3 is 0 Å². The standard InChI is InChI=1S/C22H20N2O3/c1-16(25)20(15-17-9-4-2-5-10-17)24-14-8-13-19(22(24)27)23-21(26)18-11-6-3-7-12-18/h2-14,20,25H,1,15H2,(H,23,26)/t20-/m0/s1. The minimum Gasteiger partial charge on any atom is -0.511 e. The molecule has 3 rings (SSSR count). The third-order valence-electron chi connectivity index (χ3n) is 4.25. The van der Waals surface area contributed by atoms with Crippen LogP contribution in [0.1, 0.15) is 22.0 Å². The molecule has 1 amide bonds. The summed E-state index contributed by atoms with van der Waals surface area (Å²) in [6.45, 7) is 3.62. The molecule has 0 saturated heterocycles. The highest BCUT2D eigenvalue weighted by atomic mass is 16.3. The van der Waals surface area contributed by atoms with Crippen LogP contribution < -0.4 is 10.9 Å². The van der Waals surface area contributed by atoms with Gasteiger partial charge in [-0.15, -0.1) is 0 Å². The SMILES string of the molecule is C=C(O)[C@H](Cc1ccccc1)n1cccc(NC(=O)c2ccccc2)c1=O. The van der Waals surface area contributed by atoms with E-state index in [9.17, 15) is 14.7 Å². The number of rotatable bonds is 6. The Bertz CT molecular complexity index is 995. The summed E-state index contributed by atoms with van der Waals surface area (Å²) in [4.78, 5) is 25.2. The van der Waals surface area contributed by atoms with E-state index in [4.69, 9.17) is 0 Å². The Morgan fingerprint density at radius 2 is 1.63 bits per heavy atom. The second kappa shape index (κ2) is 8.19. The van der Waals surface area contributed by atoms with Gasteiger partial charge in [-0.05, 0) is 29.8 Å². The number of carbonyl (C=O) groups is 1. The van der Waals surface area contributed by atoms with E-state index in [1.165, 1.54) is 4.57 Å². The molecule has 0 aliphatic rings. The predicted octanol–water partition coefficient (Wildman–Crippen LogP) is 3.96. The van der Waals surface area contributed by atoms with E-state index in [0.717, 1.165) is 5.56 Å². The van der Waals surface area contributed by atoms with Gasteiger partial charge < -0.3 is 15.0 Å². The maximum absolute atomic E-state index is 12.9. The Kier molecular flexibility index (Phi) is 5.52. The lowest BCUT2D eigenvalue weighted by atomic mass is 10.0. The number of aliphatic hydroxyl groups excluding tert-OH is 1. The van der Waals surface area contributed by atoms with Gasteiger partial charge in [-0.2, -0.15) is 0 Å². The molecule has 0 radical (unpaired) electrons. The average molecular weight is 360 g/mol. The van der Waals surface area contributed by atoms with Gasteiger partial charge in [0.2, 0.25) is 0 Å². The number of aliphatic hydroxyl groups is 1. The van der Waals surface area contributed by atoms with Crippen LogP contribution in [0, 0.1) is 0 Å². The fraction of sp³-hybridized carbons (Fsp3) is 0.0909. The highest BCUT2D eigenvalue weighted by molar-refractivity contribution is 6.04. The number of hydrogen-bond donors (Lipinski definition) is 2. The monoisotopic (exact) mass is 360 g/mol. The average Bonchev–Trinajstić information content (AvgIpc) is 2.69. The molecule has 0 saturated carbocycles. The van der Waals surface area contributed by atoms with Crippen molar-refractivity contribution >= 4 is 11.6 Å². The highest BCUT2D eigenvalue weighted by Crippen LogP contribution is 2.19. The van der Waals surface area contributed by atoms with Crippen LogP contribution in [0.2, 0.25) is 0 Å². The van der Waals surface area contributed by atoms with Crippen LogP contribution in [0.4, 0.5) is 5.69 Å². The summed E-state index contributed by atoms with van der Waals surface area (Å²) in [5, 5.41) is 12.7. The van der Waals surface area contributed by atoms with Gasteiger partial charge in [0.15, 0.2) is 0 Å². The summed E-state index contributed by atoms with van der Waals surface area (Å²) in [5.41, 5.74) is 1.16. The van der Waals surface area contributed by atoms with E-state index >= 15 is 0 Å². The summed E-state index contributed by atoms with van der Waals surface area (Å²) in [6, 6.07) is 20.8. The first-order valence-corrected chi connectivity index (χ1v) is 8.55. The van der Waals surface area contributed by atoms with Crippen molar-refractivity contribution in [1.29, 1.82) is 0 Å². The number of anilines is 1. The molecule has 1 atom stereocenters. The zero-order valence-corrected chi connectivity index (χ0v) is 14.7. The number of nitrogens with one attached hydrogen (secondary N) is 1. The lowest BCUT2D eigenvalue weighted by Crippen LogP contribution is -2.30. The van der Waals surface area contributed by atoms with Crippen molar-refractivity contribution in [3.05, 3.63) is 113 Å². The predicted molar refractivity (Wildman–Crippen MR) is 106 cm³/mol. The second-order valence-electron chi connectivity index (χ2n) is 6.15. The number of amides is 1. The van der Waals surface area contributed by atoms with Crippen LogP contribution in [0.15, 0.2) is 96.1 Å². The molecule has 0 aliphatic carbocycles. The second-order valence-corrected chi connectivity index (χ2v) is 6.15. The van der Waals surface area contributed by atoms with Crippen LogP contribution >= 0.6 is 0 Å². The Hall–Kier alpha value is -3.60. The van der Waals surface area contributed by atoms with Crippen molar-refractivity contribution < 1.29 is 9.90 Å². The van der Waals surface area contributed by atoms with E-state index in [1.807, 2.05) is 36.4 Å². The third-order valence-corrected chi connectivity index (χ3v) is 4.25. The Balaban J connectivity index is 1.89. The van der Waals surface area contributed by atoms with Crippen molar-refractivity contribution in [1.82, 2.24) is 4.57 Å². The fourth-order valence-corrected chi connectivity index (χ4v) is 2.85. The van der Waals surface area contributed by atoms with Crippen molar-refractivity contribution in [2.75, 3.05) is 5.32 Å². The van der Waals surface area contributed by atoms with Gasteiger partial charge in [0.05, 0.1) is 6.04 Å². The van der Waals surface area contributed by atoms with Crippen molar-refractivity contribution in [3.8, 4) is 0 Å². The minimum absolute atomic E-state index is 0.118. The number of nitrogens with zero attached hydrogens (tertiary/aromatic N) is 1. The molecule has 1 heterocycles. The Labute approximate surface area is 157 Å². The third kappa shape index (κ3) is 4.33. The van der Waals surface area contributed by atoms with Gasteiger partial charge in [0.25, 0.3) is 11.5 Å². The van der Waals surface area contributed by atoms with Gasteiger partial charge in [0.1, 0.15) is 11.4 Å². The maximum Gasteiger partial charge on any atom is 0.275 e. The minimum atomic E-state index is -0.631. The van der Waals surface area contributed by atoms with Crippen molar-refractivity contribution in [2.24, 2.45) is 0 Å². The molecule has 1 aromatic heterocycles. The molecule has 2 aromatic carbocycles.